The summed E-state index contributed by atoms with van der Waals surface area (Å²) in [4.78, 5) is 0. The Bertz CT molecular complexity index is 714. The molecule has 1 N–H and O–H groups in total. The second-order valence-electron chi connectivity index (χ2n) is 5.10. The second kappa shape index (κ2) is 8.85. The lowest BCUT2D eigenvalue weighted by atomic mass is 10.1. The first kappa shape index (κ1) is 17.7. The third kappa shape index (κ3) is 5.21. The summed E-state index contributed by atoms with van der Waals surface area (Å²) in [6.07, 6.45) is 0.654. The highest BCUT2D eigenvalue weighted by atomic mass is 19.3. The molecule has 6 heteroatoms. The fourth-order valence-corrected chi connectivity index (χ4v) is 2.28. The molecule has 2 aromatic rings. The average molecular weight is 332 g/mol. The Balaban J connectivity index is 1.88. The van der Waals surface area contributed by atoms with Crippen molar-refractivity contribution in [3.8, 4) is 17.6 Å². The first-order valence-electron chi connectivity index (χ1n) is 7.44. The topological polar surface area (TPSA) is 54.3 Å². The zero-order valence-corrected chi connectivity index (χ0v) is 13.3. The normalized spacial score (nSPS) is 10.5. The van der Waals surface area contributed by atoms with Crippen LogP contribution in [0.2, 0.25) is 0 Å². The lowest BCUT2D eigenvalue weighted by Crippen LogP contribution is -2.16. The molecule has 2 aromatic carbocycles. The molecule has 0 spiro atoms. The maximum atomic E-state index is 12.4. The van der Waals surface area contributed by atoms with E-state index in [4.69, 9.17) is 10.00 Å². The molecule has 0 aliphatic heterocycles. The largest absolute Gasteiger partial charge is 0.493 e. The van der Waals surface area contributed by atoms with Gasteiger partial charge >= 0.3 is 6.61 Å². The number of methoxy groups -OCH3 is 1. The number of halogens is 2. The molecule has 0 saturated carbocycles. The van der Waals surface area contributed by atoms with Gasteiger partial charge in [-0.05, 0) is 48.4 Å². The summed E-state index contributed by atoms with van der Waals surface area (Å²) < 4.78 is 34.3. The van der Waals surface area contributed by atoms with Crippen molar-refractivity contribution in [2.75, 3.05) is 13.7 Å². The molecule has 2 rings (SSSR count). The number of rotatable bonds is 8. The van der Waals surface area contributed by atoms with Gasteiger partial charge in [-0.2, -0.15) is 14.0 Å². The summed E-state index contributed by atoms with van der Waals surface area (Å²) in [5, 5.41) is 12.1. The van der Waals surface area contributed by atoms with Crippen LogP contribution in [-0.2, 0) is 13.0 Å². The molecule has 0 radical (unpaired) electrons. The van der Waals surface area contributed by atoms with Crippen LogP contribution in [0.15, 0.2) is 42.5 Å². The Kier molecular flexibility index (Phi) is 6.52. The minimum atomic E-state index is -2.89. The van der Waals surface area contributed by atoms with Crippen molar-refractivity contribution in [3.05, 3.63) is 59.2 Å². The Morgan fingerprint density at radius 2 is 1.96 bits per heavy atom. The van der Waals surface area contributed by atoms with Gasteiger partial charge in [-0.3, -0.25) is 0 Å². The number of hydrogen-bond acceptors (Lipinski definition) is 4. The maximum Gasteiger partial charge on any atom is 0.387 e. The van der Waals surface area contributed by atoms with Crippen molar-refractivity contribution in [3.63, 3.8) is 0 Å². The minimum absolute atomic E-state index is 0.0340. The SMILES string of the molecule is COc1ccc(CCNCc2cccc(C#N)c2)cc1OC(F)F. The van der Waals surface area contributed by atoms with Crippen LogP contribution in [0.1, 0.15) is 16.7 Å². The van der Waals surface area contributed by atoms with Crippen LogP contribution in [0.4, 0.5) is 8.78 Å². The van der Waals surface area contributed by atoms with Crippen molar-refractivity contribution in [1.82, 2.24) is 5.32 Å². The lowest BCUT2D eigenvalue weighted by Gasteiger charge is -2.12. The molecular weight excluding hydrogens is 314 g/mol. The van der Waals surface area contributed by atoms with E-state index in [1.807, 2.05) is 24.3 Å². The number of nitrogens with one attached hydrogen (secondary N) is 1. The maximum absolute atomic E-state index is 12.4. The number of hydrogen-bond donors (Lipinski definition) is 1. The molecule has 0 aliphatic carbocycles. The van der Waals surface area contributed by atoms with E-state index in [2.05, 4.69) is 16.1 Å². The predicted octanol–water partition coefficient (Wildman–Crippen LogP) is 3.50. The lowest BCUT2D eigenvalue weighted by molar-refractivity contribution is -0.0512. The summed E-state index contributed by atoms with van der Waals surface area (Å²) in [7, 11) is 1.41. The molecule has 0 aromatic heterocycles. The highest BCUT2D eigenvalue weighted by Crippen LogP contribution is 2.29. The van der Waals surface area contributed by atoms with Crippen molar-refractivity contribution < 1.29 is 18.3 Å². The van der Waals surface area contributed by atoms with E-state index in [0.717, 1.165) is 11.1 Å². The molecular formula is C18H18F2N2O2. The van der Waals surface area contributed by atoms with Gasteiger partial charge < -0.3 is 14.8 Å². The number of ether oxygens (including phenoxy) is 2. The van der Waals surface area contributed by atoms with Crippen molar-refractivity contribution in [2.24, 2.45) is 0 Å². The van der Waals surface area contributed by atoms with Gasteiger partial charge in [0.1, 0.15) is 0 Å². The van der Waals surface area contributed by atoms with E-state index in [1.54, 1.807) is 18.2 Å². The average Bonchev–Trinajstić information content (AvgIpc) is 2.58. The summed E-state index contributed by atoms with van der Waals surface area (Å²) in [5.74, 6) is 0.312. The Hall–Kier alpha value is -2.65. The highest BCUT2D eigenvalue weighted by Gasteiger charge is 2.11. The zero-order chi connectivity index (χ0) is 17.4. The van der Waals surface area contributed by atoms with Gasteiger partial charge in [0, 0.05) is 6.54 Å². The van der Waals surface area contributed by atoms with Crippen LogP contribution in [0, 0.1) is 11.3 Å². The fraction of sp³-hybridized carbons (Fsp3) is 0.278. The van der Waals surface area contributed by atoms with Crippen LogP contribution in [-0.4, -0.2) is 20.3 Å². The third-order valence-corrected chi connectivity index (χ3v) is 3.42. The molecule has 4 nitrogen and oxygen atoms in total. The van der Waals surface area contributed by atoms with Gasteiger partial charge in [0.05, 0.1) is 18.7 Å². The van der Waals surface area contributed by atoms with Crippen LogP contribution >= 0.6 is 0 Å². The standard InChI is InChI=1S/C18H18F2N2O2/c1-23-16-6-5-13(10-17(16)24-18(19)20)7-8-22-12-15-4-2-3-14(9-15)11-21/h2-6,9-10,18,22H,7-8,12H2,1H3. The quantitative estimate of drug-likeness (QED) is 0.752. The molecule has 0 heterocycles. The predicted molar refractivity (Wildman–Crippen MR) is 86.2 cm³/mol. The first-order chi connectivity index (χ1) is 11.6. The molecule has 0 fully saturated rings. The van der Waals surface area contributed by atoms with E-state index >= 15 is 0 Å². The molecule has 0 atom stereocenters. The van der Waals surface area contributed by atoms with Gasteiger partial charge in [-0.25, -0.2) is 0 Å². The summed E-state index contributed by atoms with van der Waals surface area (Å²) in [6.45, 7) is -1.59. The van der Waals surface area contributed by atoms with Gasteiger partial charge in [-0.15, -0.1) is 0 Å². The minimum Gasteiger partial charge on any atom is -0.493 e. The van der Waals surface area contributed by atoms with E-state index in [0.29, 0.717) is 25.1 Å². The molecule has 0 amide bonds. The summed E-state index contributed by atoms with van der Waals surface area (Å²) in [6, 6.07) is 14.5. The Morgan fingerprint density at radius 3 is 2.67 bits per heavy atom. The molecule has 0 saturated heterocycles. The Morgan fingerprint density at radius 1 is 1.12 bits per heavy atom. The van der Waals surface area contributed by atoms with E-state index in [9.17, 15) is 8.78 Å². The smallest absolute Gasteiger partial charge is 0.387 e. The highest BCUT2D eigenvalue weighted by molar-refractivity contribution is 5.43. The summed E-state index contributed by atoms with van der Waals surface area (Å²) in [5.41, 5.74) is 2.51. The molecule has 0 bridgehead atoms. The van der Waals surface area contributed by atoms with Crippen LogP contribution < -0.4 is 14.8 Å². The van der Waals surface area contributed by atoms with Gasteiger partial charge in [0.2, 0.25) is 0 Å². The van der Waals surface area contributed by atoms with Crippen LogP contribution in [0.3, 0.4) is 0 Å². The molecule has 0 unspecified atom stereocenters. The molecule has 0 aliphatic rings. The monoisotopic (exact) mass is 332 g/mol. The number of nitriles is 1. The molecule has 24 heavy (non-hydrogen) atoms. The van der Waals surface area contributed by atoms with Gasteiger partial charge in [0.25, 0.3) is 0 Å². The van der Waals surface area contributed by atoms with Gasteiger partial charge in [-0.1, -0.05) is 18.2 Å². The van der Waals surface area contributed by atoms with Gasteiger partial charge in [0.15, 0.2) is 11.5 Å². The Labute approximate surface area is 139 Å². The molecule has 126 valence electrons. The number of nitrogens with zero attached hydrogens (tertiary/aromatic N) is 1. The van der Waals surface area contributed by atoms with E-state index < -0.39 is 6.61 Å². The van der Waals surface area contributed by atoms with Crippen molar-refractivity contribution in [1.29, 1.82) is 5.26 Å². The first-order valence-corrected chi connectivity index (χ1v) is 7.44. The third-order valence-electron chi connectivity index (χ3n) is 3.42. The van der Waals surface area contributed by atoms with Crippen LogP contribution in [0.5, 0.6) is 11.5 Å². The zero-order valence-electron chi connectivity index (χ0n) is 13.3. The van der Waals surface area contributed by atoms with E-state index in [1.165, 1.54) is 7.11 Å². The fourth-order valence-electron chi connectivity index (χ4n) is 2.28. The van der Waals surface area contributed by atoms with Crippen molar-refractivity contribution in [2.45, 2.75) is 19.6 Å². The second-order valence-corrected chi connectivity index (χ2v) is 5.10. The van der Waals surface area contributed by atoms with Crippen LogP contribution in [0.25, 0.3) is 0 Å². The number of benzene rings is 2. The number of alkyl halides is 2. The van der Waals surface area contributed by atoms with E-state index in [-0.39, 0.29) is 11.5 Å². The summed E-state index contributed by atoms with van der Waals surface area (Å²) >= 11 is 0. The van der Waals surface area contributed by atoms with Crippen molar-refractivity contribution >= 4 is 0 Å².